The summed E-state index contributed by atoms with van der Waals surface area (Å²) in [4.78, 5) is 12.6. The standard InChI is InChI=1S/C20H25N3O2/c1-3-25-17-9-7-15(8-10-17)12-21-20(24)18-13-22-23-19(18)16-6-4-5-14(2)11-16/h4-11,18-19,22-23H,3,12-13H2,1-2H3,(H,21,24). The van der Waals surface area contributed by atoms with Crippen molar-refractivity contribution >= 4 is 5.91 Å². The minimum absolute atomic E-state index is 0.0137. The van der Waals surface area contributed by atoms with E-state index in [4.69, 9.17) is 4.74 Å². The first-order chi connectivity index (χ1) is 12.2. The van der Waals surface area contributed by atoms with E-state index in [9.17, 15) is 4.79 Å². The zero-order valence-electron chi connectivity index (χ0n) is 14.7. The smallest absolute Gasteiger partial charge is 0.226 e. The maximum Gasteiger partial charge on any atom is 0.226 e. The number of amides is 1. The second-order valence-corrected chi connectivity index (χ2v) is 6.32. The van der Waals surface area contributed by atoms with Crippen LogP contribution < -0.4 is 20.9 Å². The number of hydrogen-bond donors (Lipinski definition) is 3. The highest BCUT2D eigenvalue weighted by Gasteiger charge is 2.33. The average Bonchev–Trinajstić information content (AvgIpc) is 3.11. The molecule has 0 radical (unpaired) electrons. The van der Waals surface area contributed by atoms with E-state index >= 15 is 0 Å². The topological polar surface area (TPSA) is 62.4 Å². The lowest BCUT2D eigenvalue weighted by atomic mass is 9.93. The van der Waals surface area contributed by atoms with Gasteiger partial charge >= 0.3 is 0 Å². The molecule has 0 saturated carbocycles. The first kappa shape index (κ1) is 17.5. The Morgan fingerprint density at radius 2 is 2.04 bits per heavy atom. The molecule has 0 bridgehead atoms. The third kappa shape index (κ3) is 4.38. The summed E-state index contributed by atoms with van der Waals surface area (Å²) >= 11 is 0. The Labute approximate surface area is 148 Å². The molecule has 1 amide bonds. The first-order valence-corrected chi connectivity index (χ1v) is 8.72. The Balaban J connectivity index is 1.60. The molecule has 0 aliphatic carbocycles. The van der Waals surface area contributed by atoms with Gasteiger partial charge in [0.05, 0.1) is 18.6 Å². The van der Waals surface area contributed by atoms with Crippen LogP contribution in [0.3, 0.4) is 0 Å². The van der Waals surface area contributed by atoms with E-state index in [-0.39, 0.29) is 17.9 Å². The lowest BCUT2D eigenvalue weighted by Crippen LogP contribution is -2.34. The van der Waals surface area contributed by atoms with Crippen LogP contribution in [0.4, 0.5) is 0 Å². The van der Waals surface area contributed by atoms with Gasteiger partial charge in [0.15, 0.2) is 0 Å². The van der Waals surface area contributed by atoms with Gasteiger partial charge in [0.2, 0.25) is 5.91 Å². The summed E-state index contributed by atoms with van der Waals surface area (Å²) in [6.07, 6.45) is 0. The average molecular weight is 339 g/mol. The number of benzene rings is 2. The summed E-state index contributed by atoms with van der Waals surface area (Å²) in [6, 6.07) is 16.1. The van der Waals surface area contributed by atoms with Crippen molar-refractivity contribution in [1.29, 1.82) is 0 Å². The number of aryl methyl sites for hydroxylation is 1. The molecule has 132 valence electrons. The van der Waals surface area contributed by atoms with E-state index in [2.05, 4.69) is 41.3 Å². The molecule has 2 unspecified atom stereocenters. The van der Waals surface area contributed by atoms with Crippen LogP contribution >= 0.6 is 0 Å². The molecule has 1 aliphatic heterocycles. The quantitative estimate of drug-likeness (QED) is 0.757. The van der Waals surface area contributed by atoms with Gasteiger partial charge in [-0.25, -0.2) is 5.43 Å². The SMILES string of the molecule is CCOc1ccc(CNC(=O)C2CNNC2c2cccc(C)c2)cc1. The zero-order valence-corrected chi connectivity index (χ0v) is 14.7. The van der Waals surface area contributed by atoms with Crippen LogP contribution in [0.25, 0.3) is 0 Å². The molecule has 5 nitrogen and oxygen atoms in total. The van der Waals surface area contributed by atoms with Crippen molar-refractivity contribution in [1.82, 2.24) is 16.2 Å². The van der Waals surface area contributed by atoms with Crippen molar-refractivity contribution in [3.63, 3.8) is 0 Å². The number of carbonyl (C=O) groups excluding carboxylic acids is 1. The number of carbonyl (C=O) groups is 1. The van der Waals surface area contributed by atoms with Gasteiger partial charge in [-0.2, -0.15) is 0 Å². The minimum Gasteiger partial charge on any atom is -0.494 e. The van der Waals surface area contributed by atoms with Crippen LogP contribution in [0, 0.1) is 12.8 Å². The van der Waals surface area contributed by atoms with E-state index in [1.54, 1.807) is 0 Å². The van der Waals surface area contributed by atoms with Gasteiger partial charge in [-0.1, -0.05) is 42.0 Å². The second kappa shape index (κ2) is 8.14. The van der Waals surface area contributed by atoms with Crippen LogP contribution in [0.15, 0.2) is 48.5 Å². The van der Waals surface area contributed by atoms with E-state index in [0.717, 1.165) is 16.9 Å². The maximum atomic E-state index is 12.6. The van der Waals surface area contributed by atoms with Gasteiger partial charge in [-0.3, -0.25) is 10.2 Å². The Kier molecular flexibility index (Phi) is 5.68. The predicted octanol–water partition coefficient (Wildman–Crippen LogP) is 2.48. The normalized spacial score (nSPS) is 19.6. The summed E-state index contributed by atoms with van der Waals surface area (Å²) in [5.74, 6) is 0.767. The van der Waals surface area contributed by atoms with E-state index in [1.165, 1.54) is 5.56 Å². The molecule has 1 fully saturated rings. The van der Waals surface area contributed by atoms with Gasteiger partial charge in [0, 0.05) is 13.1 Å². The van der Waals surface area contributed by atoms with Crippen LogP contribution in [-0.4, -0.2) is 19.1 Å². The van der Waals surface area contributed by atoms with Crippen molar-refractivity contribution in [3.8, 4) is 5.75 Å². The molecule has 2 aromatic rings. The highest BCUT2D eigenvalue weighted by Crippen LogP contribution is 2.25. The van der Waals surface area contributed by atoms with Gasteiger partial charge in [0.25, 0.3) is 0 Å². The number of hydrazine groups is 1. The van der Waals surface area contributed by atoms with Crippen molar-refractivity contribution < 1.29 is 9.53 Å². The molecule has 0 spiro atoms. The van der Waals surface area contributed by atoms with E-state index < -0.39 is 0 Å². The minimum atomic E-state index is -0.135. The molecule has 2 aromatic carbocycles. The predicted molar refractivity (Wildman–Crippen MR) is 98.0 cm³/mol. The van der Waals surface area contributed by atoms with Crippen LogP contribution in [0.5, 0.6) is 5.75 Å². The molecular weight excluding hydrogens is 314 g/mol. The van der Waals surface area contributed by atoms with Crippen LogP contribution in [0.1, 0.15) is 29.7 Å². The second-order valence-electron chi connectivity index (χ2n) is 6.32. The monoisotopic (exact) mass is 339 g/mol. The van der Waals surface area contributed by atoms with Crippen LogP contribution in [0.2, 0.25) is 0 Å². The number of hydrogen-bond acceptors (Lipinski definition) is 4. The molecule has 0 aromatic heterocycles. The number of nitrogens with one attached hydrogen (secondary N) is 3. The van der Waals surface area contributed by atoms with Crippen molar-refractivity contribution in [2.24, 2.45) is 5.92 Å². The summed E-state index contributed by atoms with van der Waals surface area (Å²) in [6.45, 7) is 5.81. The summed E-state index contributed by atoms with van der Waals surface area (Å²) in [5, 5.41) is 3.05. The lowest BCUT2D eigenvalue weighted by Gasteiger charge is -2.19. The fraction of sp³-hybridized carbons (Fsp3) is 0.350. The zero-order chi connectivity index (χ0) is 17.6. The Morgan fingerprint density at radius 3 is 2.76 bits per heavy atom. The Morgan fingerprint density at radius 1 is 1.24 bits per heavy atom. The van der Waals surface area contributed by atoms with Crippen LogP contribution in [-0.2, 0) is 11.3 Å². The Hall–Kier alpha value is -2.37. The molecule has 3 N–H and O–H groups in total. The van der Waals surface area contributed by atoms with Gasteiger partial charge in [-0.15, -0.1) is 0 Å². The van der Waals surface area contributed by atoms with Crippen molar-refractivity contribution in [2.45, 2.75) is 26.4 Å². The summed E-state index contributed by atoms with van der Waals surface area (Å²) in [7, 11) is 0. The fourth-order valence-corrected chi connectivity index (χ4v) is 3.11. The number of rotatable bonds is 6. The number of ether oxygens (including phenoxy) is 1. The van der Waals surface area contributed by atoms with Crippen molar-refractivity contribution in [3.05, 3.63) is 65.2 Å². The van der Waals surface area contributed by atoms with Gasteiger partial charge in [0.1, 0.15) is 5.75 Å². The molecule has 1 aliphatic rings. The third-order valence-electron chi connectivity index (χ3n) is 4.42. The summed E-state index contributed by atoms with van der Waals surface area (Å²) in [5.41, 5.74) is 9.72. The molecular formula is C20H25N3O2. The Bertz CT molecular complexity index is 715. The third-order valence-corrected chi connectivity index (χ3v) is 4.42. The highest BCUT2D eigenvalue weighted by molar-refractivity contribution is 5.80. The first-order valence-electron chi connectivity index (χ1n) is 8.72. The highest BCUT2D eigenvalue weighted by atomic mass is 16.5. The van der Waals surface area contributed by atoms with Gasteiger partial charge in [-0.05, 0) is 37.1 Å². The molecule has 5 heteroatoms. The molecule has 3 rings (SSSR count). The molecule has 1 heterocycles. The summed E-state index contributed by atoms with van der Waals surface area (Å²) < 4.78 is 5.44. The largest absolute Gasteiger partial charge is 0.494 e. The van der Waals surface area contributed by atoms with E-state index in [0.29, 0.717) is 19.7 Å². The fourth-order valence-electron chi connectivity index (χ4n) is 3.11. The molecule has 2 atom stereocenters. The maximum absolute atomic E-state index is 12.6. The van der Waals surface area contributed by atoms with E-state index in [1.807, 2.05) is 37.3 Å². The van der Waals surface area contributed by atoms with Gasteiger partial charge < -0.3 is 10.1 Å². The molecule has 25 heavy (non-hydrogen) atoms. The van der Waals surface area contributed by atoms with Crippen molar-refractivity contribution in [2.75, 3.05) is 13.2 Å². The molecule has 1 saturated heterocycles. The lowest BCUT2D eigenvalue weighted by molar-refractivity contribution is -0.125.